The van der Waals surface area contributed by atoms with Gasteiger partial charge in [-0.25, -0.2) is 9.59 Å². The predicted octanol–water partition coefficient (Wildman–Crippen LogP) is 2.66. The Morgan fingerprint density at radius 2 is 1.67 bits per heavy atom. The van der Waals surface area contributed by atoms with Gasteiger partial charge in [-0.3, -0.25) is 14.4 Å². The van der Waals surface area contributed by atoms with Crippen LogP contribution in [0.4, 0.5) is 4.79 Å². The van der Waals surface area contributed by atoms with Crippen molar-refractivity contribution < 1.29 is 38.2 Å². The van der Waals surface area contributed by atoms with Crippen molar-refractivity contribution in [1.82, 2.24) is 16.0 Å². The van der Waals surface area contributed by atoms with Crippen molar-refractivity contribution in [2.45, 2.75) is 63.0 Å². The molecule has 0 saturated carbocycles. The molecule has 216 valence electrons. The zero-order valence-corrected chi connectivity index (χ0v) is 23.9. The quantitative estimate of drug-likeness (QED) is 0.166. The monoisotopic (exact) mass is 565 g/mol. The Morgan fingerprint density at radius 1 is 1.00 bits per heavy atom. The maximum atomic E-state index is 12.9. The van der Waals surface area contributed by atoms with E-state index in [2.05, 4.69) is 27.3 Å². The summed E-state index contributed by atoms with van der Waals surface area (Å²) in [7, 11) is 2.36. The number of alkyl carbamates (subject to hydrolysis) is 1. The summed E-state index contributed by atoms with van der Waals surface area (Å²) in [6.07, 6.45) is 1.29. The summed E-state index contributed by atoms with van der Waals surface area (Å²) in [5, 5.41) is 7.52. The first-order chi connectivity index (χ1) is 18.4. The number of nitrogens with one attached hydrogen (secondary N) is 3. The second kappa shape index (κ2) is 17.1. The first-order valence-electron chi connectivity index (χ1n) is 12.4. The molecule has 3 amide bonds. The minimum absolute atomic E-state index is 0.0155. The molecule has 1 rings (SSSR count). The molecular formula is C27H39N3O8S. The molecule has 0 saturated heterocycles. The van der Waals surface area contributed by atoms with Crippen molar-refractivity contribution in [3.8, 4) is 0 Å². The Hall–Kier alpha value is -3.54. The van der Waals surface area contributed by atoms with Gasteiger partial charge in [-0.05, 0) is 39.2 Å². The van der Waals surface area contributed by atoms with E-state index >= 15 is 0 Å². The Morgan fingerprint density at radius 3 is 2.23 bits per heavy atom. The van der Waals surface area contributed by atoms with Crippen LogP contribution in [0.25, 0.3) is 0 Å². The third-order valence-corrected chi connectivity index (χ3v) is 6.53. The molecule has 0 aliphatic heterocycles. The number of amides is 3. The molecule has 0 heterocycles. The van der Waals surface area contributed by atoms with Crippen LogP contribution in [0.3, 0.4) is 0 Å². The average Bonchev–Trinajstić information content (AvgIpc) is 2.89. The Labute approximate surface area is 233 Å². The van der Waals surface area contributed by atoms with Gasteiger partial charge in [0.1, 0.15) is 24.2 Å². The van der Waals surface area contributed by atoms with Crippen LogP contribution in [0.5, 0.6) is 0 Å². The molecular weight excluding hydrogens is 526 g/mol. The molecule has 0 aliphatic carbocycles. The van der Waals surface area contributed by atoms with Crippen molar-refractivity contribution in [2.24, 2.45) is 0 Å². The van der Waals surface area contributed by atoms with E-state index in [0.717, 1.165) is 12.7 Å². The van der Waals surface area contributed by atoms with Gasteiger partial charge in [0, 0.05) is 17.4 Å². The molecule has 0 spiro atoms. The molecule has 12 heteroatoms. The van der Waals surface area contributed by atoms with Crippen LogP contribution in [-0.2, 0) is 33.4 Å². The van der Waals surface area contributed by atoms with Crippen LogP contribution < -0.4 is 16.0 Å². The van der Waals surface area contributed by atoms with E-state index in [0.29, 0.717) is 6.42 Å². The average molecular weight is 566 g/mol. The Balaban J connectivity index is 2.91. The summed E-state index contributed by atoms with van der Waals surface area (Å²) in [6.45, 7) is 8.47. The van der Waals surface area contributed by atoms with Crippen LogP contribution in [-0.4, -0.2) is 74.0 Å². The van der Waals surface area contributed by atoms with Crippen LogP contribution in [0, 0.1) is 0 Å². The molecule has 0 fully saturated rings. The number of rotatable bonds is 15. The van der Waals surface area contributed by atoms with E-state index in [9.17, 15) is 24.0 Å². The number of carbonyl (C=O) groups excluding carboxylic acids is 5. The molecule has 0 radical (unpaired) electrons. The molecule has 11 nitrogen and oxygen atoms in total. The third-order valence-electron chi connectivity index (χ3n) is 5.14. The van der Waals surface area contributed by atoms with Gasteiger partial charge in [0.2, 0.25) is 11.8 Å². The second-order valence-corrected chi connectivity index (χ2v) is 10.7. The smallest absolute Gasteiger partial charge is 0.408 e. The van der Waals surface area contributed by atoms with Crippen molar-refractivity contribution >= 4 is 41.6 Å². The normalized spacial score (nSPS) is 13.2. The number of methoxy groups -OCH3 is 2. The van der Waals surface area contributed by atoms with E-state index in [4.69, 9.17) is 9.47 Å². The fraction of sp³-hybridized carbons (Fsp3) is 0.519. The first kappa shape index (κ1) is 33.5. The van der Waals surface area contributed by atoms with Crippen molar-refractivity contribution in [3.05, 3.63) is 48.6 Å². The minimum Gasteiger partial charge on any atom is -0.468 e. The molecule has 39 heavy (non-hydrogen) atoms. The van der Waals surface area contributed by atoms with Gasteiger partial charge in [-0.1, -0.05) is 36.4 Å². The van der Waals surface area contributed by atoms with Gasteiger partial charge in [-0.2, -0.15) is 11.8 Å². The molecule has 3 N–H and O–H groups in total. The number of carbonyl (C=O) groups is 5. The molecule has 0 aromatic heterocycles. The lowest BCUT2D eigenvalue weighted by Gasteiger charge is -2.23. The van der Waals surface area contributed by atoms with Crippen molar-refractivity contribution in [1.29, 1.82) is 0 Å². The molecule has 1 aromatic carbocycles. The third kappa shape index (κ3) is 13.7. The fourth-order valence-electron chi connectivity index (χ4n) is 3.25. The number of benzene rings is 1. The van der Waals surface area contributed by atoms with Crippen LogP contribution in [0.2, 0.25) is 0 Å². The highest BCUT2D eigenvalue weighted by atomic mass is 32.2. The minimum atomic E-state index is -1.13. The lowest BCUT2D eigenvalue weighted by atomic mass is 10.1. The molecule has 3 atom stereocenters. The lowest BCUT2D eigenvalue weighted by Crippen LogP contribution is -2.50. The Bertz CT molecular complexity index is 981. The van der Waals surface area contributed by atoms with E-state index < -0.39 is 47.5 Å². The predicted molar refractivity (Wildman–Crippen MR) is 148 cm³/mol. The summed E-state index contributed by atoms with van der Waals surface area (Å²) in [4.78, 5) is 61.5. The molecule has 1 aromatic rings. The maximum Gasteiger partial charge on any atom is 0.408 e. The van der Waals surface area contributed by atoms with E-state index in [-0.39, 0.29) is 30.4 Å². The largest absolute Gasteiger partial charge is 0.468 e. The van der Waals surface area contributed by atoms with Crippen molar-refractivity contribution in [3.63, 3.8) is 0 Å². The highest BCUT2D eigenvalue weighted by molar-refractivity contribution is 7.99. The first-order valence-corrected chi connectivity index (χ1v) is 13.4. The van der Waals surface area contributed by atoms with Gasteiger partial charge in [0.15, 0.2) is 0 Å². The zero-order chi connectivity index (χ0) is 29.4. The number of ether oxygens (including phenoxy) is 3. The number of allylic oxidation sites excluding steroid dienone is 1. The van der Waals surface area contributed by atoms with Crippen LogP contribution in [0.1, 0.15) is 50.8 Å². The fourth-order valence-corrected chi connectivity index (χ4v) is 4.53. The molecule has 0 aliphatic rings. The number of esters is 2. The number of hydrogen-bond donors (Lipinski definition) is 3. The van der Waals surface area contributed by atoms with Gasteiger partial charge < -0.3 is 30.2 Å². The topological polar surface area (TPSA) is 149 Å². The zero-order valence-electron chi connectivity index (χ0n) is 23.1. The standard InChI is InChI=1S/C27H39N3O8S/c1-7-11-21(18-12-9-8-10-13-18)39-17-20(24(33)28-16-23(32)36-5)29-22(31)15-14-19(25(34)37-6)30-26(35)38-27(2,3)4/h7-10,12-13,19-21H,1,11,14-17H2,2-6H3,(H,28,33)(H,29,31)(H,30,35)/t19-,20-,21?/m0/s1. The van der Waals surface area contributed by atoms with E-state index in [1.165, 1.54) is 18.9 Å². The number of hydrogen-bond acceptors (Lipinski definition) is 9. The molecule has 0 bridgehead atoms. The molecule has 1 unspecified atom stereocenters. The summed E-state index contributed by atoms with van der Waals surface area (Å²) >= 11 is 1.45. The van der Waals surface area contributed by atoms with Crippen molar-refractivity contribution in [2.75, 3.05) is 26.5 Å². The van der Waals surface area contributed by atoms with Gasteiger partial charge >= 0.3 is 18.0 Å². The summed E-state index contributed by atoms with van der Waals surface area (Å²) in [6, 6.07) is 7.55. The summed E-state index contributed by atoms with van der Waals surface area (Å²) in [5.74, 6) is -2.28. The van der Waals surface area contributed by atoms with E-state index in [1.54, 1.807) is 26.8 Å². The lowest BCUT2D eigenvalue weighted by molar-refractivity contribution is -0.143. The Kier molecular flexibility index (Phi) is 14.7. The SMILES string of the molecule is C=CCC(SC[C@H](NC(=O)CC[C@H](NC(=O)OC(C)(C)C)C(=O)OC)C(=O)NCC(=O)OC)c1ccccc1. The van der Waals surface area contributed by atoms with Gasteiger partial charge in [-0.15, -0.1) is 6.58 Å². The second-order valence-electron chi connectivity index (χ2n) is 9.43. The summed E-state index contributed by atoms with van der Waals surface area (Å²) < 4.78 is 14.5. The summed E-state index contributed by atoms with van der Waals surface area (Å²) in [5.41, 5.74) is 0.255. The number of thioether (sulfide) groups is 1. The van der Waals surface area contributed by atoms with Crippen LogP contribution in [0.15, 0.2) is 43.0 Å². The van der Waals surface area contributed by atoms with E-state index in [1.807, 2.05) is 30.3 Å². The van der Waals surface area contributed by atoms with Gasteiger partial charge in [0.05, 0.1) is 14.2 Å². The highest BCUT2D eigenvalue weighted by Crippen LogP contribution is 2.32. The maximum absolute atomic E-state index is 12.9. The highest BCUT2D eigenvalue weighted by Gasteiger charge is 2.28. The van der Waals surface area contributed by atoms with Crippen LogP contribution >= 0.6 is 11.8 Å². The van der Waals surface area contributed by atoms with Gasteiger partial charge in [0.25, 0.3) is 0 Å².